The summed E-state index contributed by atoms with van der Waals surface area (Å²) in [5.41, 5.74) is -0.824. The van der Waals surface area contributed by atoms with E-state index in [0.717, 1.165) is 17.2 Å². The minimum Gasteiger partial charge on any atom is -0.362 e. The first kappa shape index (κ1) is 25.8. The van der Waals surface area contributed by atoms with Gasteiger partial charge in [-0.3, -0.25) is 9.69 Å². The fourth-order valence-corrected chi connectivity index (χ4v) is 4.32. The predicted molar refractivity (Wildman–Crippen MR) is 122 cm³/mol. The number of aryl methyl sites for hydroxylation is 1. The van der Waals surface area contributed by atoms with Gasteiger partial charge in [0.25, 0.3) is 5.91 Å². The third kappa shape index (κ3) is 5.61. The van der Waals surface area contributed by atoms with Crippen molar-refractivity contribution >= 4 is 38.7 Å². The van der Waals surface area contributed by atoms with Crippen LogP contribution in [-0.4, -0.2) is 31.7 Å². The lowest BCUT2D eigenvalue weighted by atomic mass is 10.1. The lowest BCUT2D eigenvalue weighted by molar-refractivity contribution is -0.137. The summed E-state index contributed by atoms with van der Waals surface area (Å²) in [6.45, 7) is 2.90. The minimum absolute atomic E-state index is 0.00577. The molecule has 3 aromatic rings. The van der Waals surface area contributed by atoms with Crippen molar-refractivity contribution in [3.8, 4) is 0 Å². The summed E-state index contributed by atoms with van der Waals surface area (Å²) in [6, 6.07) is 9.29. The Hall–Kier alpha value is -2.85. The van der Waals surface area contributed by atoms with E-state index < -0.39 is 39.3 Å². The number of benzene rings is 2. The Morgan fingerprint density at radius 2 is 1.74 bits per heavy atom. The van der Waals surface area contributed by atoms with Crippen molar-refractivity contribution in [1.29, 1.82) is 0 Å². The molecular weight excluding hydrogens is 496 g/mol. The number of aromatic nitrogens is 1. The number of hydrogen-bond donors (Lipinski definition) is 1. The molecule has 0 fully saturated rings. The molecule has 1 amide bonds. The van der Waals surface area contributed by atoms with Crippen LogP contribution in [0.4, 0.5) is 28.9 Å². The number of sulfone groups is 1. The molecule has 0 unspecified atom stereocenters. The minimum atomic E-state index is -4.84. The van der Waals surface area contributed by atoms with Gasteiger partial charge in [-0.15, -0.1) is 0 Å². The Morgan fingerprint density at radius 3 is 2.26 bits per heavy atom. The average Bonchev–Trinajstić information content (AvgIpc) is 3.07. The van der Waals surface area contributed by atoms with Gasteiger partial charge in [-0.1, -0.05) is 11.6 Å². The van der Waals surface area contributed by atoms with Gasteiger partial charge >= 0.3 is 6.18 Å². The second-order valence-electron chi connectivity index (χ2n) is 7.88. The number of alkyl halides is 4. The molecule has 3 rings (SSSR count). The van der Waals surface area contributed by atoms with Gasteiger partial charge in [0.2, 0.25) is 0 Å². The largest absolute Gasteiger partial charge is 0.418 e. The summed E-state index contributed by atoms with van der Waals surface area (Å²) >= 11 is 5.81. The first-order valence-corrected chi connectivity index (χ1v) is 12.3. The maximum atomic E-state index is 13.9. The average molecular weight is 517 g/mol. The lowest BCUT2D eigenvalue weighted by Crippen LogP contribution is -2.28. The molecule has 1 aromatic heterocycles. The quantitative estimate of drug-likeness (QED) is 0.392. The van der Waals surface area contributed by atoms with Gasteiger partial charge < -0.3 is 4.98 Å². The summed E-state index contributed by atoms with van der Waals surface area (Å²) in [5, 5.41) is -0.173. The van der Waals surface area contributed by atoms with Crippen molar-refractivity contribution < 1.29 is 30.8 Å². The Morgan fingerprint density at radius 1 is 1.12 bits per heavy atom. The smallest absolute Gasteiger partial charge is 0.362 e. The van der Waals surface area contributed by atoms with E-state index in [-0.39, 0.29) is 27.6 Å². The SMILES string of the molecule is Cc1[nH]c(C[C@@H](C)F)cc1C(=O)N(c1ccc(S(C)(=O)=O)cc1)c1ccc(Cl)cc1C(F)(F)F. The van der Waals surface area contributed by atoms with Gasteiger partial charge in [-0.2, -0.15) is 13.2 Å². The zero-order valence-electron chi connectivity index (χ0n) is 18.4. The zero-order chi connectivity index (χ0) is 25.4. The van der Waals surface area contributed by atoms with Crippen LogP contribution in [-0.2, 0) is 22.4 Å². The van der Waals surface area contributed by atoms with Gasteiger partial charge in [0.05, 0.1) is 21.7 Å². The van der Waals surface area contributed by atoms with Crippen molar-refractivity contribution in [2.24, 2.45) is 0 Å². The van der Waals surface area contributed by atoms with E-state index in [2.05, 4.69) is 4.98 Å². The Labute approximate surface area is 199 Å². The number of anilines is 2. The third-order valence-corrected chi connectivity index (χ3v) is 6.40. The van der Waals surface area contributed by atoms with E-state index in [1.807, 2.05) is 0 Å². The van der Waals surface area contributed by atoms with E-state index in [1.165, 1.54) is 43.3 Å². The number of carbonyl (C=O) groups excluding carboxylic acids is 1. The topological polar surface area (TPSA) is 70.2 Å². The van der Waals surface area contributed by atoms with Crippen LogP contribution >= 0.6 is 11.6 Å². The summed E-state index contributed by atoms with van der Waals surface area (Å²) in [4.78, 5) is 17.3. The van der Waals surface area contributed by atoms with Crippen LogP contribution in [0.5, 0.6) is 0 Å². The fraction of sp³-hybridized carbons (Fsp3) is 0.261. The van der Waals surface area contributed by atoms with Crippen LogP contribution in [0, 0.1) is 6.92 Å². The number of nitrogens with zero attached hydrogens (tertiary/aromatic N) is 1. The molecule has 1 heterocycles. The highest BCUT2D eigenvalue weighted by molar-refractivity contribution is 7.90. The molecule has 0 bridgehead atoms. The molecule has 5 nitrogen and oxygen atoms in total. The van der Waals surface area contributed by atoms with Gasteiger partial charge in [-0.05, 0) is 62.4 Å². The maximum Gasteiger partial charge on any atom is 0.418 e. The van der Waals surface area contributed by atoms with E-state index in [9.17, 15) is 30.8 Å². The molecule has 1 atom stereocenters. The van der Waals surface area contributed by atoms with Crippen molar-refractivity contribution in [1.82, 2.24) is 4.98 Å². The number of halogens is 5. The number of rotatable bonds is 6. The molecule has 1 N–H and O–H groups in total. The molecule has 34 heavy (non-hydrogen) atoms. The molecular formula is C23H21ClF4N2O3S. The molecule has 0 saturated carbocycles. The Kier molecular flexibility index (Phi) is 7.14. The van der Waals surface area contributed by atoms with Crippen LogP contribution < -0.4 is 4.90 Å². The highest BCUT2D eigenvalue weighted by Gasteiger charge is 2.37. The van der Waals surface area contributed by atoms with E-state index in [0.29, 0.717) is 17.5 Å². The first-order chi connectivity index (χ1) is 15.7. The normalized spacial score (nSPS) is 13.1. The molecule has 182 valence electrons. The van der Waals surface area contributed by atoms with Gasteiger partial charge in [0, 0.05) is 34.8 Å². The molecule has 0 radical (unpaired) electrons. The zero-order valence-corrected chi connectivity index (χ0v) is 19.9. The van der Waals surface area contributed by atoms with Crippen LogP contribution in [0.15, 0.2) is 53.4 Å². The summed E-state index contributed by atoms with van der Waals surface area (Å²) in [5.74, 6) is -0.813. The number of aromatic amines is 1. The number of amides is 1. The third-order valence-electron chi connectivity index (χ3n) is 5.03. The summed E-state index contributed by atoms with van der Waals surface area (Å²) in [6.07, 6.45) is -5.06. The van der Waals surface area contributed by atoms with Gasteiger partial charge in [0.1, 0.15) is 6.17 Å². The number of H-pyrrole nitrogens is 1. The molecule has 0 aliphatic rings. The first-order valence-electron chi connectivity index (χ1n) is 10.0. The van der Waals surface area contributed by atoms with Gasteiger partial charge in [0.15, 0.2) is 9.84 Å². The van der Waals surface area contributed by atoms with Crippen molar-refractivity contribution in [2.45, 2.75) is 37.5 Å². The Bertz CT molecular complexity index is 1320. The van der Waals surface area contributed by atoms with Crippen molar-refractivity contribution in [3.05, 3.63) is 76.1 Å². The summed E-state index contributed by atoms with van der Waals surface area (Å²) < 4.78 is 78.8. The van der Waals surface area contributed by atoms with Crippen LogP contribution in [0.3, 0.4) is 0 Å². The van der Waals surface area contributed by atoms with Crippen LogP contribution in [0.2, 0.25) is 5.02 Å². The molecule has 0 aliphatic heterocycles. The number of nitrogens with one attached hydrogen (secondary N) is 1. The number of carbonyl (C=O) groups is 1. The maximum absolute atomic E-state index is 13.9. The predicted octanol–water partition coefficient (Wildman–Crippen LogP) is 6.28. The fourth-order valence-electron chi connectivity index (χ4n) is 3.52. The molecule has 0 spiro atoms. The van der Waals surface area contributed by atoms with E-state index >= 15 is 0 Å². The summed E-state index contributed by atoms with van der Waals surface area (Å²) in [7, 11) is -3.58. The second-order valence-corrected chi connectivity index (χ2v) is 10.3. The highest BCUT2D eigenvalue weighted by atomic mass is 35.5. The highest BCUT2D eigenvalue weighted by Crippen LogP contribution is 2.41. The van der Waals surface area contributed by atoms with E-state index in [1.54, 1.807) is 6.92 Å². The lowest BCUT2D eigenvalue weighted by Gasteiger charge is -2.26. The number of hydrogen-bond acceptors (Lipinski definition) is 3. The van der Waals surface area contributed by atoms with E-state index in [4.69, 9.17) is 11.6 Å². The van der Waals surface area contributed by atoms with Crippen LogP contribution in [0.25, 0.3) is 0 Å². The van der Waals surface area contributed by atoms with Crippen LogP contribution in [0.1, 0.15) is 34.2 Å². The molecule has 2 aromatic carbocycles. The standard InChI is InChI=1S/C23H21ClF4N2O3S/c1-13(25)10-16-12-19(14(2)29-16)22(31)30(17-5-7-18(8-6-17)34(3,32)33)21-9-4-15(24)11-20(21)23(26,27)28/h4-9,11-13,29H,10H2,1-3H3/t13-/m1/s1. The molecule has 11 heteroatoms. The molecule has 0 aliphatic carbocycles. The Balaban J connectivity index is 2.22. The monoisotopic (exact) mass is 516 g/mol. The van der Waals surface area contributed by atoms with Gasteiger partial charge in [-0.25, -0.2) is 12.8 Å². The van der Waals surface area contributed by atoms with Crippen molar-refractivity contribution in [3.63, 3.8) is 0 Å². The van der Waals surface area contributed by atoms with Crippen molar-refractivity contribution in [2.75, 3.05) is 11.2 Å². The molecule has 0 saturated heterocycles. The second kappa shape index (κ2) is 9.42.